The summed E-state index contributed by atoms with van der Waals surface area (Å²) in [5, 5.41) is 0.747. The lowest BCUT2D eigenvalue weighted by Crippen LogP contribution is -3.13. The molecule has 1 saturated heterocycles. The number of carbonyl (C=O) groups excluding carboxylic acids is 1. The maximum absolute atomic E-state index is 14.0. The molecular formula is C22H26ClFN3O+. The third kappa shape index (κ3) is 4.47. The van der Waals surface area contributed by atoms with E-state index in [1.54, 1.807) is 6.07 Å². The number of amides is 1. The van der Waals surface area contributed by atoms with Gasteiger partial charge in [0, 0.05) is 44.6 Å². The number of halogens is 2. The standard InChI is InChI=1S/C22H25ClFN3O/c23-19-6-2-4-8-21(19)25-11-13-26(14-12-25)22(28)16-27(18-9-10-18)15-17-5-1-3-7-20(17)24/h1-8,18H,9-16H2/p+1. The van der Waals surface area contributed by atoms with Crippen LogP contribution in [0, 0.1) is 5.82 Å². The van der Waals surface area contributed by atoms with Crippen molar-refractivity contribution in [3.05, 3.63) is 64.9 Å². The lowest BCUT2D eigenvalue weighted by molar-refractivity contribution is -0.917. The molecule has 6 heteroatoms. The first-order valence-electron chi connectivity index (χ1n) is 9.97. The Morgan fingerprint density at radius 3 is 2.39 bits per heavy atom. The fourth-order valence-electron chi connectivity index (χ4n) is 3.94. The van der Waals surface area contributed by atoms with Crippen molar-refractivity contribution in [3.8, 4) is 0 Å². The largest absolute Gasteiger partial charge is 0.367 e. The summed E-state index contributed by atoms with van der Waals surface area (Å²) in [4.78, 5) is 18.3. The molecule has 1 unspecified atom stereocenters. The average Bonchev–Trinajstić information content (AvgIpc) is 3.55. The van der Waals surface area contributed by atoms with E-state index in [1.165, 1.54) is 11.0 Å². The molecule has 148 valence electrons. The number of benzene rings is 2. The molecule has 0 aromatic heterocycles. The van der Waals surface area contributed by atoms with Crippen LogP contribution < -0.4 is 9.80 Å². The van der Waals surface area contributed by atoms with Gasteiger partial charge in [-0.05, 0) is 18.2 Å². The van der Waals surface area contributed by atoms with Gasteiger partial charge < -0.3 is 14.7 Å². The summed E-state index contributed by atoms with van der Waals surface area (Å²) < 4.78 is 14.0. The predicted molar refractivity (Wildman–Crippen MR) is 109 cm³/mol. The number of hydrogen-bond donors (Lipinski definition) is 1. The monoisotopic (exact) mass is 402 g/mol. The average molecular weight is 403 g/mol. The minimum absolute atomic E-state index is 0.164. The van der Waals surface area contributed by atoms with Gasteiger partial charge in [-0.1, -0.05) is 41.9 Å². The van der Waals surface area contributed by atoms with Gasteiger partial charge in [0.15, 0.2) is 6.54 Å². The van der Waals surface area contributed by atoms with Gasteiger partial charge in [-0.3, -0.25) is 4.79 Å². The summed E-state index contributed by atoms with van der Waals surface area (Å²) in [5.74, 6) is -0.0153. The lowest BCUT2D eigenvalue weighted by Gasteiger charge is -2.36. The van der Waals surface area contributed by atoms with E-state index in [0.717, 1.165) is 36.6 Å². The molecule has 28 heavy (non-hydrogen) atoms. The van der Waals surface area contributed by atoms with Crippen molar-refractivity contribution < 1.29 is 14.1 Å². The third-order valence-electron chi connectivity index (χ3n) is 5.73. The Hall–Kier alpha value is -2.11. The molecule has 1 N–H and O–H groups in total. The second kappa shape index (κ2) is 8.50. The van der Waals surface area contributed by atoms with Crippen LogP contribution in [0.1, 0.15) is 18.4 Å². The topological polar surface area (TPSA) is 28.0 Å². The number of rotatable bonds is 6. The first-order valence-corrected chi connectivity index (χ1v) is 10.3. The van der Waals surface area contributed by atoms with Crippen molar-refractivity contribution in [1.29, 1.82) is 0 Å². The number of nitrogens with one attached hydrogen (secondary N) is 1. The highest BCUT2D eigenvalue weighted by Gasteiger charge is 2.36. The molecule has 0 spiro atoms. The Labute approximate surface area is 170 Å². The molecule has 1 atom stereocenters. The van der Waals surface area contributed by atoms with Crippen LogP contribution in [0.15, 0.2) is 48.5 Å². The molecule has 2 aromatic carbocycles. The Bertz CT molecular complexity index is 834. The highest BCUT2D eigenvalue weighted by atomic mass is 35.5. The normalized spacial score (nSPS) is 18.2. The number of nitrogens with zero attached hydrogens (tertiary/aromatic N) is 2. The second-order valence-corrected chi connectivity index (χ2v) is 8.10. The van der Waals surface area contributed by atoms with E-state index in [4.69, 9.17) is 11.6 Å². The van der Waals surface area contributed by atoms with E-state index in [2.05, 4.69) is 4.90 Å². The number of para-hydroxylation sites is 1. The van der Waals surface area contributed by atoms with Crippen LogP contribution >= 0.6 is 11.6 Å². The first-order chi connectivity index (χ1) is 13.6. The molecule has 2 aromatic rings. The Balaban J connectivity index is 1.34. The van der Waals surface area contributed by atoms with E-state index >= 15 is 0 Å². The van der Waals surface area contributed by atoms with Crippen LogP contribution in [0.3, 0.4) is 0 Å². The first kappa shape index (κ1) is 19.2. The SMILES string of the molecule is O=C(C[NH+](Cc1ccccc1F)C1CC1)N1CCN(c2ccccc2Cl)CC1. The zero-order valence-corrected chi connectivity index (χ0v) is 16.7. The summed E-state index contributed by atoms with van der Waals surface area (Å²) >= 11 is 6.30. The molecule has 0 bridgehead atoms. The van der Waals surface area contributed by atoms with Crippen LogP contribution in [-0.2, 0) is 11.3 Å². The number of carbonyl (C=O) groups is 1. The van der Waals surface area contributed by atoms with Crippen molar-refractivity contribution in [1.82, 2.24) is 4.90 Å². The van der Waals surface area contributed by atoms with Crippen molar-refractivity contribution in [2.75, 3.05) is 37.6 Å². The van der Waals surface area contributed by atoms with Gasteiger partial charge in [-0.25, -0.2) is 4.39 Å². The lowest BCUT2D eigenvalue weighted by atomic mass is 10.2. The second-order valence-electron chi connectivity index (χ2n) is 7.70. The molecule has 1 aliphatic heterocycles. The van der Waals surface area contributed by atoms with E-state index in [1.807, 2.05) is 41.3 Å². The summed E-state index contributed by atoms with van der Waals surface area (Å²) in [5.41, 5.74) is 1.72. The summed E-state index contributed by atoms with van der Waals surface area (Å²) in [6, 6.07) is 15.2. The van der Waals surface area contributed by atoms with Crippen LogP contribution in [-0.4, -0.2) is 49.6 Å². The Morgan fingerprint density at radius 2 is 1.71 bits per heavy atom. The third-order valence-corrected chi connectivity index (χ3v) is 6.05. The fraction of sp³-hybridized carbons (Fsp3) is 0.409. The zero-order chi connectivity index (χ0) is 19.5. The maximum Gasteiger partial charge on any atom is 0.277 e. The molecule has 1 aliphatic carbocycles. The number of piperazine rings is 1. The van der Waals surface area contributed by atoms with Crippen molar-refractivity contribution in [2.45, 2.75) is 25.4 Å². The molecule has 1 heterocycles. The molecule has 4 rings (SSSR count). The minimum Gasteiger partial charge on any atom is -0.367 e. The van der Waals surface area contributed by atoms with Crippen molar-refractivity contribution in [3.63, 3.8) is 0 Å². The maximum atomic E-state index is 14.0. The van der Waals surface area contributed by atoms with E-state index in [0.29, 0.717) is 37.8 Å². The molecule has 2 fully saturated rings. The molecule has 4 nitrogen and oxygen atoms in total. The van der Waals surface area contributed by atoms with Crippen molar-refractivity contribution in [2.24, 2.45) is 0 Å². The predicted octanol–water partition coefficient (Wildman–Crippen LogP) is 2.38. The van der Waals surface area contributed by atoms with Gasteiger partial charge in [-0.15, -0.1) is 0 Å². The van der Waals surface area contributed by atoms with Crippen LogP contribution in [0.25, 0.3) is 0 Å². The van der Waals surface area contributed by atoms with Gasteiger partial charge in [-0.2, -0.15) is 0 Å². The number of quaternary nitrogens is 1. The van der Waals surface area contributed by atoms with Crippen LogP contribution in [0.5, 0.6) is 0 Å². The summed E-state index contributed by atoms with van der Waals surface area (Å²) in [6.45, 7) is 3.96. The highest BCUT2D eigenvalue weighted by molar-refractivity contribution is 6.33. The van der Waals surface area contributed by atoms with E-state index in [-0.39, 0.29) is 11.7 Å². The van der Waals surface area contributed by atoms with Crippen LogP contribution in [0.2, 0.25) is 5.02 Å². The zero-order valence-electron chi connectivity index (χ0n) is 15.9. The number of anilines is 1. The van der Waals surface area contributed by atoms with Crippen LogP contribution in [0.4, 0.5) is 10.1 Å². The molecule has 2 aliphatic rings. The summed E-state index contributed by atoms with van der Waals surface area (Å²) in [6.07, 6.45) is 2.24. The van der Waals surface area contributed by atoms with Gasteiger partial charge in [0.2, 0.25) is 0 Å². The van der Waals surface area contributed by atoms with Gasteiger partial charge in [0.25, 0.3) is 5.91 Å². The minimum atomic E-state index is -0.179. The number of hydrogen-bond acceptors (Lipinski definition) is 2. The van der Waals surface area contributed by atoms with Gasteiger partial charge >= 0.3 is 0 Å². The Morgan fingerprint density at radius 1 is 1.04 bits per heavy atom. The van der Waals surface area contributed by atoms with Gasteiger partial charge in [0.05, 0.1) is 16.8 Å². The van der Waals surface area contributed by atoms with E-state index in [9.17, 15) is 9.18 Å². The quantitative estimate of drug-likeness (QED) is 0.803. The highest BCUT2D eigenvalue weighted by Crippen LogP contribution is 2.26. The van der Waals surface area contributed by atoms with E-state index < -0.39 is 0 Å². The summed E-state index contributed by atoms with van der Waals surface area (Å²) in [7, 11) is 0. The smallest absolute Gasteiger partial charge is 0.277 e. The van der Waals surface area contributed by atoms with Crippen molar-refractivity contribution >= 4 is 23.2 Å². The molecule has 0 radical (unpaired) electrons. The molecule has 1 amide bonds. The molecular weight excluding hydrogens is 377 g/mol. The Kier molecular flexibility index (Phi) is 5.83. The van der Waals surface area contributed by atoms with Gasteiger partial charge in [0.1, 0.15) is 12.4 Å². The fourth-order valence-corrected chi connectivity index (χ4v) is 4.20. The molecule has 1 saturated carbocycles.